The minimum atomic E-state index is 0.843. The Labute approximate surface area is 139 Å². The van der Waals surface area contributed by atoms with Crippen LogP contribution in [0, 0.1) is 0 Å². The van der Waals surface area contributed by atoms with Crippen LogP contribution in [0.4, 0.5) is 0 Å². The number of hydrogen-bond donors (Lipinski definition) is 1. The Bertz CT molecular complexity index is 620. The Balaban J connectivity index is 2.45. The highest BCUT2D eigenvalue weighted by Crippen LogP contribution is 2.31. The summed E-state index contributed by atoms with van der Waals surface area (Å²) < 4.78 is 0. The molecule has 0 aliphatic carbocycles. The van der Waals surface area contributed by atoms with E-state index in [1.54, 1.807) is 6.20 Å². The first-order valence-corrected chi connectivity index (χ1v) is 8.26. The minimum absolute atomic E-state index is 0.843. The van der Waals surface area contributed by atoms with Gasteiger partial charge in [0, 0.05) is 42.3 Å². The largest absolute Gasteiger partial charge is 0.374 e. The van der Waals surface area contributed by atoms with Crippen molar-refractivity contribution in [1.82, 2.24) is 15.2 Å². The van der Waals surface area contributed by atoms with Crippen LogP contribution in [0.1, 0.15) is 39.3 Å². The summed E-state index contributed by atoms with van der Waals surface area (Å²) in [5, 5.41) is 3.16. The zero-order valence-electron chi connectivity index (χ0n) is 14.3. The molecule has 1 aromatic rings. The lowest BCUT2D eigenvalue weighted by atomic mass is 10.0. The summed E-state index contributed by atoms with van der Waals surface area (Å²) in [4.78, 5) is 11.5. The van der Waals surface area contributed by atoms with Crippen LogP contribution >= 0.6 is 0 Å². The van der Waals surface area contributed by atoms with Gasteiger partial charge in [0.15, 0.2) is 0 Å². The van der Waals surface area contributed by atoms with Crippen LogP contribution in [0.2, 0.25) is 0 Å². The Kier molecular flexibility index (Phi) is 6.15. The van der Waals surface area contributed by atoms with Crippen molar-refractivity contribution in [3.63, 3.8) is 0 Å². The van der Waals surface area contributed by atoms with Crippen LogP contribution in [-0.2, 0) is 0 Å². The SMILES string of the molecule is C=CNC1=NC=C(c2ccccn2)/C1=C(/C)N(CCC)CCC. The van der Waals surface area contributed by atoms with E-state index in [9.17, 15) is 0 Å². The molecule has 0 amide bonds. The van der Waals surface area contributed by atoms with E-state index < -0.39 is 0 Å². The fourth-order valence-corrected chi connectivity index (χ4v) is 2.82. The summed E-state index contributed by atoms with van der Waals surface area (Å²) in [6.45, 7) is 12.4. The third kappa shape index (κ3) is 3.89. The molecule has 1 N–H and O–H groups in total. The highest BCUT2D eigenvalue weighted by molar-refractivity contribution is 6.15. The van der Waals surface area contributed by atoms with Crippen molar-refractivity contribution >= 4 is 11.4 Å². The molecule has 0 spiro atoms. The van der Waals surface area contributed by atoms with Gasteiger partial charge in [-0.25, -0.2) is 4.99 Å². The van der Waals surface area contributed by atoms with Gasteiger partial charge in [0.25, 0.3) is 0 Å². The second-order valence-electron chi connectivity index (χ2n) is 5.53. The molecule has 1 aliphatic heterocycles. The third-order valence-electron chi connectivity index (χ3n) is 3.83. The number of rotatable bonds is 7. The standard InChI is InChI=1S/C19H26N4/c1-5-12-23(13-6-2)15(4)18-16(14-22-19(18)20-7-3)17-10-8-9-11-21-17/h7-11,14H,3,5-6,12-13H2,1-2,4H3,(H,20,22)/b18-15+. The number of aromatic nitrogens is 1. The van der Waals surface area contributed by atoms with Gasteiger partial charge in [-0.05, 0) is 38.1 Å². The van der Waals surface area contributed by atoms with Crippen molar-refractivity contribution in [2.24, 2.45) is 4.99 Å². The molecule has 0 fully saturated rings. The first kappa shape index (κ1) is 17.0. The van der Waals surface area contributed by atoms with E-state index in [4.69, 9.17) is 0 Å². The summed E-state index contributed by atoms with van der Waals surface area (Å²) in [5.41, 5.74) is 4.35. The number of allylic oxidation sites excluding steroid dienone is 1. The second kappa shape index (κ2) is 8.32. The topological polar surface area (TPSA) is 40.5 Å². The van der Waals surface area contributed by atoms with E-state index >= 15 is 0 Å². The smallest absolute Gasteiger partial charge is 0.139 e. The van der Waals surface area contributed by atoms with Crippen molar-refractivity contribution in [3.8, 4) is 0 Å². The lowest BCUT2D eigenvalue weighted by molar-refractivity contribution is 0.344. The fourth-order valence-electron chi connectivity index (χ4n) is 2.82. The van der Waals surface area contributed by atoms with Gasteiger partial charge in [0.2, 0.25) is 0 Å². The molecule has 23 heavy (non-hydrogen) atoms. The van der Waals surface area contributed by atoms with E-state index in [1.165, 1.54) is 5.70 Å². The zero-order chi connectivity index (χ0) is 16.7. The minimum Gasteiger partial charge on any atom is -0.374 e. The van der Waals surface area contributed by atoms with Gasteiger partial charge in [-0.1, -0.05) is 26.5 Å². The highest BCUT2D eigenvalue weighted by atomic mass is 15.1. The summed E-state index contributed by atoms with van der Waals surface area (Å²) in [5.74, 6) is 0.843. The third-order valence-corrected chi connectivity index (χ3v) is 3.83. The first-order valence-electron chi connectivity index (χ1n) is 8.26. The van der Waals surface area contributed by atoms with Gasteiger partial charge < -0.3 is 10.2 Å². The second-order valence-corrected chi connectivity index (χ2v) is 5.53. The van der Waals surface area contributed by atoms with Gasteiger partial charge in [0.05, 0.1) is 5.69 Å². The highest BCUT2D eigenvalue weighted by Gasteiger charge is 2.24. The van der Waals surface area contributed by atoms with Crippen LogP contribution in [0.5, 0.6) is 0 Å². The van der Waals surface area contributed by atoms with E-state index in [0.717, 1.165) is 48.6 Å². The fraction of sp³-hybridized carbons (Fsp3) is 0.368. The molecule has 1 aliphatic rings. The molecule has 0 aromatic carbocycles. The molecular weight excluding hydrogens is 284 g/mol. The maximum atomic E-state index is 4.54. The van der Waals surface area contributed by atoms with Gasteiger partial charge in [0.1, 0.15) is 5.84 Å². The lowest BCUT2D eigenvalue weighted by Gasteiger charge is -2.27. The van der Waals surface area contributed by atoms with E-state index in [0.29, 0.717) is 0 Å². The Morgan fingerprint density at radius 1 is 1.26 bits per heavy atom. The summed E-state index contributed by atoms with van der Waals surface area (Å²) in [7, 11) is 0. The van der Waals surface area contributed by atoms with E-state index in [1.807, 2.05) is 30.6 Å². The molecule has 0 atom stereocenters. The normalized spacial score (nSPS) is 15.8. The predicted octanol–water partition coefficient (Wildman–Crippen LogP) is 3.96. The quantitative estimate of drug-likeness (QED) is 0.828. The lowest BCUT2D eigenvalue weighted by Crippen LogP contribution is -2.28. The van der Waals surface area contributed by atoms with Crippen LogP contribution < -0.4 is 5.32 Å². The van der Waals surface area contributed by atoms with Gasteiger partial charge in [-0.2, -0.15) is 0 Å². The molecule has 4 nitrogen and oxygen atoms in total. The number of hydrogen-bond acceptors (Lipinski definition) is 4. The Hall–Kier alpha value is -2.36. The van der Waals surface area contributed by atoms with Gasteiger partial charge >= 0.3 is 0 Å². The van der Waals surface area contributed by atoms with E-state index in [2.05, 4.69) is 47.5 Å². The molecule has 2 rings (SSSR count). The maximum absolute atomic E-state index is 4.54. The predicted molar refractivity (Wildman–Crippen MR) is 97.8 cm³/mol. The molecular formula is C19H26N4. The number of aliphatic imine (C=N–C) groups is 1. The van der Waals surface area contributed by atoms with Crippen molar-refractivity contribution < 1.29 is 0 Å². The first-order chi connectivity index (χ1) is 11.2. The summed E-state index contributed by atoms with van der Waals surface area (Å²) >= 11 is 0. The molecule has 0 radical (unpaired) electrons. The van der Waals surface area contributed by atoms with Crippen LogP contribution in [0.3, 0.4) is 0 Å². The van der Waals surface area contributed by atoms with Crippen LogP contribution in [-0.4, -0.2) is 28.8 Å². The molecule has 0 saturated carbocycles. The number of nitrogens with one attached hydrogen (secondary N) is 1. The summed E-state index contributed by atoms with van der Waals surface area (Å²) in [6, 6.07) is 5.96. The molecule has 1 aromatic heterocycles. The average Bonchev–Trinajstić information content (AvgIpc) is 2.99. The monoisotopic (exact) mass is 310 g/mol. The van der Waals surface area contributed by atoms with Gasteiger partial charge in [-0.15, -0.1) is 0 Å². The van der Waals surface area contributed by atoms with Crippen molar-refractivity contribution in [2.75, 3.05) is 13.1 Å². The number of pyridine rings is 1. The number of amidine groups is 1. The molecule has 0 bridgehead atoms. The van der Waals surface area contributed by atoms with Gasteiger partial charge in [-0.3, -0.25) is 4.98 Å². The van der Waals surface area contributed by atoms with Crippen LogP contribution in [0.25, 0.3) is 5.57 Å². The van der Waals surface area contributed by atoms with Crippen molar-refractivity contribution in [1.29, 1.82) is 0 Å². The molecule has 0 unspecified atom stereocenters. The van der Waals surface area contributed by atoms with E-state index in [-0.39, 0.29) is 0 Å². The Morgan fingerprint density at radius 3 is 2.57 bits per heavy atom. The average molecular weight is 310 g/mol. The summed E-state index contributed by atoms with van der Waals surface area (Å²) in [6.07, 6.45) is 7.62. The van der Waals surface area contributed by atoms with Crippen LogP contribution in [0.15, 0.2) is 59.6 Å². The number of nitrogens with zero attached hydrogens (tertiary/aromatic N) is 3. The molecule has 4 heteroatoms. The van der Waals surface area contributed by atoms with Crippen molar-refractivity contribution in [2.45, 2.75) is 33.6 Å². The zero-order valence-corrected chi connectivity index (χ0v) is 14.3. The Morgan fingerprint density at radius 2 is 2.00 bits per heavy atom. The molecule has 122 valence electrons. The molecule has 2 heterocycles. The van der Waals surface area contributed by atoms with Crippen molar-refractivity contribution in [3.05, 3.63) is 60.3 Å². The maximum Gasteiger partial charge on any atom is 0.139 e. The molecule has 0 saturated heterocycles.